The first kappa shape index (κ1) is 22.7. The Morgan fingerprint density at radius 3 is 2.41 bits per heavy atom. The monoisotopic (exact) mass is 511 g/mol. The molecule has 0 unspecified atom stereocenters. The van der Waals surface area contributed by atoms with E-state index in [1.54, 1.807) is 22.2 Å². The van der Waals surface area contributed by atoms with Crippen LogP contribution in [-0.4, -0.2) is 51.9 Å². The Balaban J connectivity index is 1.25. The molecule has 3 heterocycles. The molecule has 1 aliphatic heterocycles. The first-order valence-corrected chi connectivity index (χ1v) is 14.0. The Hall–Kier alpha value is -3.49. The molecule has 1 saturated carbocycles. The standard InChI is InChI=1S/C29H29N5O2S/c35-25-11-5-4-10-23(25)34-18-30-27-20-8-2-1-7-19(20)24(17-21(27)28(34)36)32-13-15-33(16-14-32)29-31-22-9-3-6-12-26(22)37-29/h1-3,6-9,12,17-18,23,25,35H,4-5,10-11,13-16H2/t23-,25-/m0/s1. The van der Waals surface area contributed by atoms with E-state index in [1.807, 2.05) is 18.2 Å². The van der Waals surface area contributed by atoms with Gasteiger partial charge in [-0.1, -0.05) is 60.6 Å². The lowest BCUT2D eigenvalue weighted by Crippen LogP contribution is -2.46. The van der Waals surface area contributed by atoms with Crippen LogP contribution in [0.4, 0.5) is 10.8 Å². The Morgan fingerprint density at radius 2 is 1.59 bits per heavy atom. The second kappa shape index (κ2) is 9.11. The number of anilines is 2. The van der Waals surface area contributed by atoms with Crippen LogP contribution < -0.4 is 15.4 Å². The zero-order valence-corrected chi connectivity index (χ0v) is 21.4. The minimum Gasteiger partial charge on any atom is -0.391 e. The number of piperazine rings is 1. The molecule has 5 aromatic rings. The number of hydrogen-bond donors (Lipinski definition) is 1. The largest absolute Gasteiger partial charge is 0.391 e. The molecule has 1 saturated heterocycles. The molecule has 1 aliphatic carbocycles. The van der Waals surface area contributed by atoms with Crippen LogP contribution >= 0.6 is 11.3 Å². The Bertz CT molecular complexity index is 1640. The molecule has 3 aromatic carbocycles. The van der Waals surface area contributed by atoms with Crippen molar-refractivity contribution >= 4 is 54.0 Å². The Morgan fingerprint density at radius 1 is 0.865 bits per heavy atom. The molecule has 7 rings (SSSR count). The fraction of sp³-hybridized carbons (Fsp3) is 0.345. The SMILES string of the molecule is O=c1c2cc(N3CCN(c4nc5ccccc5s4)CC3)c3ccccc3c2ncn1[C@H]1CCCC[C@@H]1O. The minimum atomic E-state index is -0.499. The van der Waals surface area contributed by atoms with Crippen molar-refractivity contribution in [3.05, 3.63) is 71.3 Å². The Labute approximate surface area is 218 Å². The van der Waals surface area contributed by atoms with E-state index in [-0.39, 0.29) is 11.6 Å². The molecule has 0 spiro atoms. The molecule has 1 N–H and O–H groups in total. The van der Waals surface area contributed by atoms with Crippen LogP contribution in [0.5, 0.6) is 0 Å². The van der Waals surface area contributed by atoms with Crippen molar-refractivity contribution in [2.45, 2.75) is 37.8 Å². The lowest BCUT2D eigenvalue weighted by Gasteiger charge is -2.36. The number of aliphatic hydroxyl groups is 1. The average molecular weight is 512 g/mol. The van der Waals surface area contributed by atoms with Crippen molar-refractivity contribution < 1.29 is 5.11 Å². The summed E-state index contributed by atoms with van der Waals surface area (Å²) in [6, 6.07) is 18.4. The van der Waals surface area contributed by atoms with Gasteiger partial charge in [-0.2, -0.15) is 0 Å². The van der Waals surface area contributed by atoms with E-state index in [0.717, 1.165) is 84.5 Å². The first-order valence-electron chi connectivity index (χ1n) is 13.1. The topological polar surface area (TPSA) is 74.5 Å². The van der Waals surface area contributed by atoms with Crippen LogP contribution in [0.15, 0.2) is 65.7 Å². The van der Waals surface area contributed by atoms with Crippen LogP contribution in [-0.2, 0) is 0 Å². The molecular weight excluding hydrogens is 482 g/mol. The van der Waals surface area contributed by atoms with Crippen LogP contribution in [0, 0.1) is 0 Å². The van der Waals surface area contributed by atoms with Gasteiger partial charge in [0.25, 0.3) is 5.56 Å². The lowest BCUT2D eigenvalue weighted by atomic mass is 9.92. The van der Waals surface area contributed by atoms with Gasteiger partial charge in [0.05, 0.1) is 39.6 Å². The molecule has 188 valence electrons. The molecule has 8 heteroatoms. The van der Waals surface area contributed by atoms with Gasteiger partial charge in [-0.25, -0.2) is 9.97 Å². The Kier molecular flexibility index (Phi) is 5.59. The number of fused-ring (bicyclic) bond motifs is 4. The summed E-state index contributed by atoms with van der Waals surface area (Å²) in [6.07, 6.45) is 4.71. The normalized spacial score (nSPS) is 20.8. The summed E-state index contributed by atoms with van der Waals surface area (Å²) >= 11 is 1.75. The third kappa shape index (κ3) is 3.86. The fourth-order valence-corrected chi connectivity index (χ4v) is 7.02. The number of nitrogens with zero attached hydrogens (tertiary/aromatic N) is 5. The smallest absolute Gasteiger partial charge is 0.261 e. The van der Waals surface area contributed by atoms with E-state index in [9.17, 15) is 9.90 Å². The highest BCUT2D eigenvalue weighted by atomic mass is 32.1. The van der Waals surface area contributed by atoms with Gasteiger partial charge in [-0.05, 0) is 31.0 Å². The maximum atomic E-state index is 13.8. The van der Waals surface area contributed by atoms with Crippen molar-refractivity contribution in [3.63, 3.8) is 0 Å². The second-order valence-electron chi connectivity index (χ2n) is 10.2. The van der Waals surface area contributed by atoms with Crippen molar-refractivity contribution in [2.75, 3.05) is 36.0 Å². The maximum absolute atomic E-state index is 13.8. The highest BCUT2D eigenvalue weighted by molar-refractivity contribution is 7.22. The summed E-state index contributed by atoms with van der Waals surface area (Å²) in [5.41, 5.74) is 2.81. The third-order valence-corrected chi connectivity index (χ3v) is 9.09. The van der Waals surface area contributed by atoms with Gasteiger partial charge in [0, 0.05) is 42.6 Å². The average Bonchev–Trinajstić information content (AvgIpc) is 3.38. The number of para-hydroxylation sites is 1. The van der Waals surface area contributed by atoms with Gasteiger partial charge >= 0.3 is 0 Å². The summed E-state index contributed by atoms with van der Waals surface area (Å²) in [7, 11) is 0. The zero-order chi connectivity index (χ0) is 24.9. The number of benzene rings is 3. The minimum absolute atomic E-state index is 0.0592. The summed E-state index contributed by atoms with van der Waals surface area (Å²) in [5, 5.41) is 14.4. The molecule has 2 atom stereocenters. The highest BCUT2D eigenvalue weighted by Crippen LogP contribution is 2.35. The van der Waals surface area contributed by atoms with Crippen molar-refractivity contribution in [2.24, 2.45) is 0 Å². The van der Waals surface area contributed by atoms with E-state index in [0.29, 0.717) is 5.39 Å². The van der Waals surface area contributed by atoms with Crippen LogP contribution in [0.2, 0.25) is 0 Å². The van der Waals surface area contributed by atoms with Crippen molar-refractivity contribution in [1.82, 2.24) is 14.5 Å². The van der Waals surface area contributed by atoms with E-state index >= 15 is 0 Å². The van der Waals surface area contributed by atoms with Gasteiger partial charge in [-0.15, -0.1) is 0 Å². The van der Waals surface area contributed by atoms with Crippen LogP contribution in [0.3, 0.4) is 0 Å². The molecular formula is C29H29N5O2S. The number of hydrogen-bond acceptors (Lipinski definition) is 7. The molecule has 0 amide bonds. The summed E-state index contributed by atoms with van der Waals surface area (Å²) in [4.78, 5) is 28.1. The number of aliphatic hydroxyl groups excluding tert-OH is 1. The quantitative estimate of drug-likeness (QED) is 0.345. The van der Waals surface area contributed by atoms with Gasteiger partial charge in [0.2, 0.25) is 0 Å². The molecule has 2 aliphatic rings. The fourth-order valence-electron chi connectivity index (χ4n) is 6.00. The van der Waals surface area contributed by atoms with E-state index in [4.69, 9.17) is 9.97 Å². The summed E-state index contributed by atoms with van der Waals surface area (Å²) in [6.45, 7) is 3.44. The van der Waals surface area contributed by atoms with Crippen LogP contribution in [0.25, 0.3) is 31.9 Å². The van der Waals surface area contributed by atoms with E-state index in [1.165, 1.54) is 4.70 Å². The highest BCUT2D eigenvalue weighted by Gasteiger charge is 2.27. The van der Waals surface area contributed by atoms with Crippen molar-refractivity contribution in [1.29, 1.82) is 0 Å². The van der Waals surface area contributed by atoms with E-state index in [2.05, 4.69) is 46.2 Å². The summed E-state index contributed by atoms with van der Waals surface area (Å²) in [5.74, 6) is 0. The first-order chi connectivity index (χ1) is 18.2. The van der Waals surface area contributed by atoms with Gasteiger partial charge in [0.1, 0.15) is 0 Å². The molecule has 0 bridgehead atoms. The van der Waals surface area contributed by atoms with Crippen molar-refractivity contribution in [3.8, 4) is 0 Å². The summed E-state index contributed by atoms with van der Waals surface area (Å²) < 4.78 is 2.89. The number of rotatable bonds is 3. The lowest BCUT2D eigenvalue weighted by molar-refractivity contribution is 0.0735. The predicted octanol–water partition coefficient (Wildman–Crippen LogP) is 4.96. The van der Waals surface area contributed by atoms with Crippen LogP contribution in [0.1, 0.15) is 31.7 Å². The molecule has 2 aromatic heterocycles. The van der Waals surface area contributed by atoms with Gasteiger partial charge in [-0.3, -0.25) is 9.36 Å². The zero-order valence-electron chi connectivity index (χ0n) is 20.6. The molecule has 7 nitrogen and oxygen atoms in total. The van der Waals surface area contributed by atoms with E-state index < -0.39 is 6.10 Å². The molecule has 37 heavy (non-hydrogen) atoms. The molecule has 0 radical (unpaired) electrons. The number of aromatic nitrogens is 3. The predicted molar refractivity (Wildman–Crippen MR) is 151 cm³/mol. The maximum Gasteiger partial charge on any atom is 0.261 e. The van der Waals surface area contributed by atoms with Gasteiger partial charge in [0.15, 0.2) is 5.13 Å². The molecule has 2 fully saturated rings. The number of thiazole rings is 1. The second-order valence-corrected chi connectivity index (χ2v) is 11.2. The third-order valence-electron chi connectivity index (χ3n) is 8.00. The van der Waals surface area contributed by atoms with Gasteiger partial charge < -0.3 is 14.9 Å².